The molecule has 2 aromatic carbocycles. The molecule has 0 aliphatic heterocycles. The lowest BCUT2D eigenvalue weighted by Gasteiger charge is -2.11. The van der Waals surface area contributed by atoms with E-state index in [1.54, 1.807) is 12.1 Å². The quantitative estimate of drug-likeness (QED) is 0.765. The fourth-order valence-electron chi connectivity index (χ4n) is 2.07. The second kappa shape index (κ2) is 8.49. The minimum atomic E-state index is -0.455. The average molecular weight is 392 g/mol. The van der Waals surface area contributed by atoms with Crippen molar-refractivity contribution >= 4 is 33.5 Å². The standard InChI is InChI=1S/C18H18BrNO4/c1-12-3-8-16(23-2)15(9-12)20-17(21)11-24-18(22)10-13-4-6-14(19)7-5-13/h3-9H,10-11H2,1-2H3,(H,20,21). The van der Waals surface area contributed by atoms with E-state index in [2.05, 4.69) is 21.2 Å². The molecule has 0 atom stereocenters. The van der Waals surface area contributed by atoms with Crippen LogP contribution in [0.15, 0.2) is 46.9 Å². The van der Waals surface area contributed by atoms with Crippen LogP contribution >= 0.6 is 15.9 Å². The number of hydrogen-bond acceptors (Lipinski definition) is 4. The Kier molecular flexibility index (Phi) is 6.37. The summed E-state index contributed by atoms with van der Waals surface area (Å²) in [5.41, 5.74) is 2.36. The fourth-order valence-corrected chi connectivity index (χ4v) is 2.34. The van der Waals surface area contributed by atoms with Crippen molar-refractivity contribution in [2.45, 2.75) is 13.3 Å². The van der Waals surface area contributed by atoms with E-state index in [0.29, 0.717) is 11.4 Å². The highest BCUT2D eigenvalue weighted by atomic mass is 79.9. The monoisotopic (exact) mass is 391 g/mol. The number of carbonyl (C=O) groups is 2. The Balaban J connectivity index is 1.85. The van der Waals surface area contributed by atoms with Crippen molar-refractivity contribution in [3.63, 3.8) is 0 Å². The Morgan fingerprint density at radius 1 is 1.12 bits per heavy atom. The molecule has 126 valence electrons. The summed E-state index contributed by atoms with van der Waals surface area (Å²) >= 11 is 3.33. The number of amides is 1. The van der Waals surface area contributed by atoms with Gasteiger partial charge in [0.1, 0.15) is 5.75 Å². The smallest absolute Gasteiger partial charge is 0.310 e. The summed E-state index contributed by atoms with van der Waals surface area (Å²) in [6.07, 6.45) is 0.119. The van der Waals surface area contributed by atoms with Crippen molar-refractivity contribution in [2.24, 2.45) is 0 Å². The van der Waals surface area contributed by atoms with E-state index in [0.717, 1.165) is 15.6 Å². The number of esters is 1. The van der Waals surface area contributed by atoms with Crippen LogP contribution < -0.4 is 10.1 Å². The second-order valence-electron chi connectivity index (χ2n) is 5.22. The first-order valence-corrected chi connectivity index (χ1v) is 8.12. The van der Waals surface area contributed by atoms with E-state index in [1.807, 2.05) is 37.3 Å². The van der Waals surface area contributed by atoms with Gasteiger partial charge in [0.2, 0.25) is 0 Å². The van der Waals surface area contributed by atoms with E-state index < -0.39 is 11.9 Å². The van der Waals surface area contributed by atoms with Crippen LogP contribution in [-0.4, -0.2) is 25.6 Å². The number of aryl methyl sites for hydroxylation is 1. The van der Waals surface area contributed by atoms with E-state index in [9.17, 15) is 9.59 Å². The summed E-state index contributed by atoms with van der Waals surface area (Å²) < 4.78 is 11.1. The van der Waals surface area contributed by atoms with Gasteiger partial charge in [-0.15, -0.1) is 0 Å². The zero-order valence-corrected chi connectivity index (χ0v) is 15.1. The summed E-state index contributed by atoms with van der Waals surface area (Å²) in [6, 6.07) is 12.8. The Labute approximate surface area is 149 Å². The molecule has 0 fully saturated rings. The highest BCUT2D eigenvalue weighted by Crippen LogP contribution is 2.25. The maximum Gasteiger partial charge on any atom is 0.310 e. The molecule has 2 aromatic rings. The summed E-state index contributed by atoms with van der Waals surface area (Å²) in [6.45, 7) is 1.57. The third-order valence-electron chi connectivity index (χ3n) is 3.26. The van der Waals surface area contributed by atoms with Crippen LogP contribution in [0, 0.1) is 6.92 Å². The molecule has 0 radical (unpaired) electrons. The van der Waals surface area contributed by atoms with Crippen LogP contribution in [0.25, 0.3) is 0 Å². The van der Waals surface area contributed by atoms with Crippen molar-refractivity contribution in [2.75, 3.05) is 19.0 Å². The van der Waals surface area contributed by atoms with Gasteiger partial charge < -0.3 is 14.8 Å². The highest BCUT2D eigenvalue weighted by molar-refractivity contribution is 9.10. The molecule has 24 heavy (non-hydrogen) atoms. The van der Waals surface area contributed by atoms with E-state index in [1.165, 1.54) is 7.11 Å². The van der Waals surface area contributed by atoms with Crippen LogP contribution in [-0.2, 0) is 20.7 Å². The molecule has 0 bridgehead atoms. The van der Waals surface area contributed by atoms with Gasteiger partial charge in [-0.1, -0.05) is 34.1 Å². The van der Waals surface area contributed by atoms with Crippen LogP contribution in [0.3, 0.4) is 0 Å². The summed E-state index contributed by atoms with van der Waals surface area (Å²) in [7, 11) is 1.53. The van der Waals surface area contributed by atoms with Crippen molar-refractivity contribution < 1.29 is 19.1 Å². The molecule has 0 unspecified atom stereocenters. The van der Waals surface area contributed by atoms with Crippen LogP contribution in [0.5, 0.6) is 5.75 Å². The van der Waals surface area contributed by atoms with Crippen LogP contribution in [0.1, 0.15) is 11.1 Å². The molecule has 2 rings (SSSR count). The summed E-state index contributed by atoms with van der Waals surface area (Å²) in [5, 5.41) is 2.68. The predicted molar refractivity (Wildman–Crippen MR) is 95.2 cm³/mol. The lowest BCUT2D eigenvalue weighted by atomic mass is 10.2. The van der Waals surface area contributed by atoms with Gasteiger partial charge in [-0.05, 0) is 42.3 Å². The minimum absolute atomic E-state index is 0.119. The van der Waals surface area contributed by atoms with Gasteiger partial charge in [0, 0.05) is 4.47 Å². The fraction of sp³-hybridized carbons (Fsp3) is 0.222. The topological polar surface area (TPSA) is 64.6 Å². The Morgan fingerprint density at radius 2 is 1.83 bits per heavy atom. The van der Waals surface area contributed by atoms with E-state index in [4.69, 9.17) is 9.47 Å². The number of ether oxygens (including phenoxy) is 2. The van der Waals surface area contributed by atoms with Crippen LogP contribution in [0.4, 0.5) is 5.69 Å². The molecule has 0 saturated carbocycles. The maximum absolute atomic E-state index is 11.9. The first-order chi connectivity index (χ1) is 11.5. The number of hydrogen-bond donors (Lipinski definition) is 1. The molecule has 0 spiro atoms. The SMILES string of the molecule is COc1ccc(C)cc1NC(=O)COC(=O)Cc1ccc(Br)cc1. The van der Waals surface area contributed by atoms with Crippen LogP contribution in [0.2, 0.25) is 0 Å². The first kappa shape index (κ1) is 18.0. The molecule has 0 saturated heterocycles. The van der Waals surface area contributed by atoms with Gasteiger partial charge in [0.25, 0.3) is 5.91 Å². The van der Waals surface area contributed by atoms with Gasteiger partial charge in [0.15, 0.2) is 6.61 Å². The molecule has 5 nitrogen and oxygen atoms in total. The second-order valence-corrected chi connectivity index (χ2v) is 6.13. The first-order valence-electron chi connectivity index (χ1n) is 7.32. The zero-order chi connectivity index (χ0) is 17.5. The third-order valence-corrected chi connectivity index (χ3v) is 3.78. The number of nitrogens with one attached hydrogen (secondary N) is 1. The van der Waals surface area contributed by atoms with Gasteiger partial charge in [-0.3, -0.25) is 9.59 Å². The highest BCUT2D eigenvalue weighted by Gasteiger charge is 2.11. The molecule has 1 amide bonds. The minimum Gasteiger partial charge on any atom is -0.495 e. The molecular formula is C18H18BrNO4. The lowest BCUT2D eigenvalue weighted by molar-refractivity contribution is -0.146. The van der Waals surface area contributed by atoms with E-state index >= 15 is 0 Å². The third kappa shape index (κ3) is 5.38. The number of rotatable bonds is 6. The maximum atomic E-state index is 11.9. The summed E-state index contributed by atoms with van der Waals surface area (Å²) in [5.74, 6) is -0.318. The number of carbonyl (C=O) groups excluding carboxylic acids is 2. The number of methoxy groups -OCH3 is 1. The number of halogens is 1. The molecule has 0 aliphatic carbocycles. The van der Waals surface area contributed by atoms with E-state index in [-0.39, 0.29) is 13.0 Å². The van der Waals surface area contributed by atoms with Crippen molar-refractivity contribution in [3.05, 3.63) is 58.1 Å². The predicted octanol–water partition coefficient (Wildman–Crippen LogP) is 3.49. The van der Waals surface area contributed by atoms with Gasteiger partial charge in [-0.2, -0.15) is 0 Å². The molecule has 0 heterocycles. The Bertz CT molecular complexity index is 728. The Hall–Kier alpha value is -2.34. The van der Waals surface area contributed by atoms with Gasteiger partial charge >= 0.3 is 5.97 Å². The largest absolute Gasteiger partial charge is 0.495 e. The molecular weight excluding hydrogens is 374 g/mol. The molecule has 0 aromatic heterocycles. The molecule has 6 heteroatoms. The lowest BCUT2D eigenvalue weighted by Crippen LogP contribution is -2.22. The zero-order valence-electron chi connectivity index (χ0n) is 13.5. The Morgan fingerprint density at radius 3 is 2.50 bits per heavy atom. The number of benzene rings is 2. The molecule has 1 N–H and O–H groups in total. The van der Waals surface area contributed by atoms with Crippen molar-refractivity contribution in [3.8, 4) is 5.75 Å². The van der Waals surface area contributed by atoms with Crippen molar-refractivity contribution in [1.29, 1.82) is 0 Å². The summed E-state index contributed by atoms with van der Waals surface area (Å²) in [4.78, 5) is 23.7. The average Bonchev–Trinajstić information content (AvgIpc) is 2.55. The van der Waals surface area contributed by atoms with Gasteiger partial charge in [0.05, 0.1) is 19.2 Å². The van der Waals surface area contributed by atoms with Crippen molar-refractivity contribution in [1.82, 2.24) is 0 Å². The normalized spacial score (nSPS) is 10.1. The molecule has 0 aliphatic rings. The van der Waals surface area contributed by atoms with Gasteiger partial charge in [-0.25, -0.2) is 0 Å². The number of anilines is 1.